The molecule has 104 valence electrons. The van der Waals surface area contributed by atoms with Gasteiger partial charge in [-0.1, -0.05) is 11.6 Å². The average molecular weight is 309 g/mol. The zero-order chi connectivity index (χ0) is 14.1. The molecule has 0 fully saturated rings. The third kappa shape index (κ3) is 2.73. The summed E-state index contributed by atoms with van der Waals surface area (Å²) in [6.45, 7) is 2.14. The minimum Gasteiger partial charge on any atom is -0.482 e. The van der Waals surface area contributed by atoms with E-state index in [-0.39, 0.29) is 18.6 Å². The van der Waals surface area contributed by atoms with Gasteiger partial charge < -0.3 is 15.4 Å². The van der Waals surface area contributed by atoms with Gasteiger partial charge in [-0.05, 0) is 37.3 Å². The molecule has 0 radical (unpaired) electrons. The monoisotopic (exact) mass is 308 g/mol. The van der Waals surface area contributed by atoms with Crippen LogP contribution in [0.1, 0.15) is 17.8 Å². The maximum Gasteiger partial charge on any atom is 0.262 e. The summed E-state index contributed by atoms with van der Waals surface area (Å²) in [5.41, 5.74) is 1.62. The third-order valence-electron chi connectivity index (χ3n) is 3.02. The molecular formula is C14H13ClN2O2S. The Morgan fingerprint density at radius 3 is 3.00 bits per heavy atom. The van der Waals surface area contributed by atoms with Crippen molar-refractivity contribution in [1.29, 1.82) is 0 Å². The number of halogens is 1. The van der Waals surface area contributed by atoms with Crippen LogP contribution in [0.15, 0.2) is 30.3 Å². The van der Waals surface area contributed by atoms with E-state index in [1.807, 2.05) is 30.3 Å². The lowest BCUT2D eigenvalue weighted by Gasteiger charge is -2.20. The van der Waals surface area contributed by atoms with Crippen molar-refractivity contribution in [1.82, 2.24) is 0 Å². The van der Waals surface area contributed by atoms with Crippen LogP contribution in [0.4, 0.5) is 11.4 Å². The van der Waals surface area contributed by atoms with Crippen molar-refractivity contribution in [3.05, 3.63) is 39.5 Å². The molecule has 0 bridgehead atoms. The van der Waals surface area contributed by atoms with Gasteiger partial charge in [0.2, 0.25) is 0 Å². The fourth-order valence-corrected chi connectivity index (χ4v) is 3.12. The second-order valence-electron chi connectivity index (χ2n) is 4.56. The summed E-state index contributed by atoms with van der Waals surface area (Å²) in [6.07, 6.45) is 0. The maximum absolute atomic E-state index is 11.3. The minimum absolute atomic E-state index is 0.0733. The van der Waals surface area contributed by atoms with E-state index in [9.17, 15) is 4.79 Å². The van der Waals surface area contributed by atoms with Gasteiger partial charge in [-0.15, -0.1) is 11.3 Å². The first-order valence-electron chi connectivity index (χ1n) is 6.20. The van der Waals surface area contributed by atoms with Crippen LogP contribution in [0.25, 0.3) is 0 Å². The first-order valence-corrected chi connectivity index (χ1v) is 7.40. The van der Waals surface area contributed by atoms with Crippen LogP contribution >= 0.6 is 22.9 Å². The summed E-state index contributed by atoms with van der Waals surface area (Å²) in [4.78, 5) is 12.5. The van der Waals surface area contributed by atoms with Gasteiger partial charge in [0.15, 0.2) is 6.61 Å². The Morgan fingerprint density at radius 1 is 1.40 bits per heavy atom. The van der Waals surface area contributed by atoms with Crippen molar-refractivity contribution >= 4 is 40.2 Å². The maximum atomic E-state index is 11.3. The van der Waals surface area contributed by atoms with Crippen molar-refractivity contribution in [2.24, 2.45) is 0 Å². The quantitative estimate of drug-likeness (QED) is 0.904. The molecule has 2 aromatic rings. The number of rotatable bonds is 3. The lowest BCUT2D eigenvalue weighted by molar-refractivity contribution is -0.118. The smallest absolute Gasteiger partial charge is 0.262 e. The van der Waals surface area contributed by atoms with Gasteiger partial charge in [0, 0.05) is 10.6 Å². The molecule has 0 aliphatic carbocycles. The molecule has 2 heterocycles. The topological polar surface area (TPSA) is 50.4 Å². The number of fused-ring (bicyclic) bond motifs is 1. The Bertz CT molecular complexity index is 656. The number of benzene rings is 1. The van der Waals surface area contributed by atoms with Gasteiger partial charge in [-0.3, -0.25) is 4.79 Å². The van der Waals surface area contributed by atoms with Crippen LogP contribution in [0.2, 0.25) is 4.34 Å². The highest BCUT2D eigenvalue weighted by Gasteiger charge is 2.16. The zero-order valence-electron chi connectivity index (χ0n) is 10.8. The Hall–Kier alpha value is -1.72. The molecule has 4 nitrogen and oxygen atoms in total. The van der Waals surface area contributed by atoms with Crippen molar-refractivity contribution in [3.63, 3.8) is 0 Å². The van der Waals surface area contributed by atoms with Crippen molar-refractivity contribution in [2.45, 2.75) is 13.0 Å². The molecule has 20 heavy (non-hydrogen) atoms. The molecular weight excluding hydrogens is 296 g/mol. The predicted molar refractivity (Wildman–Crippen MR) is 81.9 cm³/mol. The molecule has 1 aliphatic rings. The number of nitrogens with one attached hydrogen (secondary N) is 2. The summed E-state index contributed by atoms with van der Waals surface area (Å²) in [5, 5.41) is 6.18. The van der Waals surface area contributed by atoms with Crippen LogP contribution in [0.5, 0.6) is 5.75 Å². The highest BCUT2D eigenvalue weighted by Crippen LogP contribution is 2.33. The predicted octanol–water partition coefficient (Wildman–Crippen LogP) is 3.91. The lowest BCUT2D eigenvalue weighted by atomic mass is 10.2. The van der Waals surface area contributed by atoms with Gasteiger partial charge in [-0.2, -0.15) is 0 Å². The van der Waals surface area contributed by atoms with Crippen molar-refractivity contribution in [2.75, 3.05) is 17.2 Å². The second-order valence-corrected chi connectivity index (χ2v) is 6.30. The zero-order valence-corrected chi connectivity index (χ0v) is 12.3. The fraction of sp³-hybridized carbons (Fsp3) is 0.214. The number of hydrogen-bond acceptors (Lipinski definition) is 4. The Morgan fingerprint density at radius 2 is 2.25 bits per heavy atom. The number of thiophene rings is 1. The standard InChI is InChI=1S/C14H13ClN2O2S/c1-8(12-4-5-13(15)20-12)16-9-2-3-11-10(6-9)17-14(18)7-19-11/h2-6,8,16H,7H2,1H3,(H,17,18). The number of anilines is 2. The second kappa shape index (κ2) is 5.34. The van der Waals surface area contributed by atoms with E-state index in [0.29, 0.717) is 11.4 Å². The molecule has 0 saturated carbocycles. The summed E-state index contributed by atoms with van der Waals surface area (Å²) >= 11 is 7.50. The first kappa shape index (κ1) is 13.3. The normalized spacial score (nSPS) is 15.0. The molecule has 2 N–H and O–H groups in total. The highest BCUT2D eigenvalue weighted by molar-refractivity contribution is 7.16. The van der Waals surface area contributed by atoms with Gasteiger partial charge in [-0.25, -0.2) is 0 Å². The molecule has 3 rings (SSSR count). The van der Waals surface area contributed by atoms with E-state index in [1.165, 1.54) is 0 Å². The van der Waals surface area contributed by atoms with Gasteiger partial charge >= 0.3 is 0 Å². The van der Waals surface area contributed by atoms with Crippen LogP contribution in [0.3, 0.4) is 0 Å². The van der Waals surface area contributed by atoms with E-state index in [0.717, 1.165) is 14.9 Å². The molecule has 1 aliphatic heterocycles. The molecule has 0 spiro atoms. The van der Waals surface area contributed by atoms with Crippen LogP contribution in [0, 0.1) is 0 Å². The van der Waals surface area contributed by atoms with Gasteiger partial charge in [0.1, 0.15) is 5.75 Å². The number of carbonyl (C=O) groups excluding carboxylic acids is 1. The number of ether oxygens (including phenoxy) is 1. The fourth-order valence-electron chi connectivity index (χ4n) is 2.06. The highest BCUT2D eigenvalue weighted by atomic mass is 35.5. The van der Waals surface area contributed by atoms with Crippen LogP contribution < -0.4 is 15.4 Å². The Labute approximate surface area is 125 Å². The molecule has 1 unspecified atom stereocenters. The molecule has 1 aromatic carbocycles. The van der Waals surface area contributed by atoms with Gasteiger partial charge in [0.25, 0.3) is 5.91 Å². The molecule has 6 heteroatoms. The lowest BCUT2D eigenvalue weighted by Crippen LogP contribution is -2.25. The average Bonchev–Trinajstić information content (AvgIpc) is 2.85. The van der Waals surface area contributed by atoms with Gasteiger partial charge in [0.05, 0.1) is 16.1 Å². The Kier molecular flexibility index (Phi) is 3.54. The van der Waals surface area contributed by atoms with Crippen molar-refractivity contribution < 1.29 is 9.53 Å². The van der Waals surface area contributed by atoms with Crippen molar-refractivity contribution in [3.8, 4) is 5.75 Å². The summed E-state index contributed by atoms with van der Waals surface area (Å²) in [7, 11) is 0. The van der Waals surface area contributed by atoms with E-state index in [1.54, 1.807) is 11.3 Å². The molecule has 1 atom stereocenters. The van der Waals surface area contributed by atoms with Crippen LogP contribution in [-0.4, -0.2) is 12.5 Å². The van der Waals surface area contributed by atoms with E-state index < -0.39 is 0 Å². The number of hydrogen-bond donors (Lipinski definition) is 2. The summed E-state index contributed by atoms with van der Waals surface area (Å²) in [6, 6.07) is 9.70. The van der Waals surface area contributed by atoms with Crippen LogP contribution in [-0.2, 0) is 4.79 Å². The largest absolute Gasteiger partial charge is 0.482 e. The first-order chi connectivity index (χ1) is 9.61. The molecule has 0 saturated heterocycles. The molecule has 1 amide bonds. The van der Waals surface area contributed by atoms with E-state index in [2.05, 4.69) is 17.6 Å². The van der Waals surface area contributed by atoms with E-state index >= 15 is 0 Å². The summed E-state index contributed by atoms with van der Waals surface area (Å²) < 4.78 is 6.11. The summed E-state index contributed by atoms with van der Waals surface area (Å²) in [5.74, 6) is 0.565. The molecule has 1 aromatic heterocycles. The van der Waals surface area contributed by atoms with E-state index in [4.69, 9.17) is 16.3 Å². The third-order valence-corrected chi connectivity index (χ3v) is 4.43. The minimum atomic E-state index is -0.132. The number of amides is 1. The SMILES string of the molecule is CC(Nc1ccc2c(c1)NC(=O)CO2)c1ccc(Cl)s1. The number of carbonyl (C=O) groups is 1. The Balaban J connectivity index is 1.78.